The number of amides is 1. The van der Waals surface area contributed by atoms with Gasteiger partial charge < -0.3 is 15.2 Å². The molecule has 2 aromatic rings. The molecule has 0 spiro atoms. The highest BCUT2D eigenvalue weighted by molar-refractivity contribution is 5.94. The molecule has 0 unspecified atom stereocenters. The van der Waals surface area contributed by atoms with Crippen molar-refractivity contribution in [3.8, 4) is 11.5 Å². The lowest BCUT2D eigenvalue weighted by Crippen LogP contribution is -2.22. The second-order valence-electron chi connectivity index (χ2n) is 4.05. The van der Waals surface area contributed by atoms with Crippen LogP contribution in [0.5, 0.6) is 11.5 Å². The summed E-state index contributed by atoms with van der Waals surface area (Å²) in [7, 11) is 1.45. The molecular weight excluding hydrogens is 242 g/mol. The molecule has 19 heavy (non-hydrogen) atoms. The average Bonchev–Trinajstić information content (AvgIpc) is 2.46. The number of rotatable bonds is 4. The Morgan fingerprint density at radius 3 is 2.63 bits per heavy atom. The van der Waals surface area contributed by atoms with Crippen LogP contribution < -0.4 is 10.1 Å². The summed E-state index contributed by atoms with van der Waals surface area (Å²) in [4.78, 5) is 11.9. The van der Waals surface area contributed by atoms with Gasteiger partial charge in [-0.3, -0.25) is 4.79 Å². The molecule has 0 aliphatic heterocycles. The van der Waals surface area contributed by atoms with Crippen molar-refractivity contribution in [1.82, 2.24) is 5.32 Å². The normalized spacial score (nSPS) is 9.95. The maximum atomic E-state index is 11.9. The van der Waals surface area contributed by atoms with Gasteiger partial charge in [0.25, 0.3) is 5.91 Å². The van der Waals surface area contributed by atoms with Gasteiger partial charge >= 0.3 is 0 Å². The van der Waals surface area contributed by atoms with Crippen LogP contribution in [0.4, 0.5) is 0 Å². The summed E-state index contributed by atoms with van der Waals surface area (Å²) in [5.41, 5.74) is 1.48. The molecule has 0 aliphatic rings. The topological polar surface area (TPSA) is 58.6 Å². The number of carbonyl (C=O) groups excluding carboxylic acids is 1. The van der Waals surface area contributed by atoms with E-state index in [1.54, 1.807) is 6.07 Å². The summed E-state index contributed by atoms with van der Waals surface area (Å²) in [6.07, 6.45) is 0. The van der Waals surface area contributed by atoms with Crippen LogP contribution in [0.15, 0.2) is 48.5 Å². The van der Waals surface area contributed by atoms with Crippen LogP contribution in [-0.2, 0) is 6.54 Å². The van der Waals surface area contributed by atoms with Gasteiger partial charge in [0.15, 0.2) is 11.5 Å². The van der Waals surface area contributed by atoms with Crippen molar-refractivity contribution in [1.29, 1.82) is 0 Å². The van der Waals surface area contributed by atoms with E-state index in [1.807, 2.05) is 30.3 Å². The third-order valence-electron chi connectivity index (χ3n) is 2.74. The zero-order valence-electron chi connectivity index (χ0n) is 10.6. The van der Waals surface area contributed by atoms with Gasteiger partial charge in [0, 0.05) is 12.1 Å². The summed E-state index contributed by atoms with van der Waals surface area (Å²) in [6, 6.07) is 14.2. The predicted molar refractivity (Wildman–Crippen MR) is 72.3 cm³/mol. The number of benzene rings is 2. The molecule has 1 amide bonds. The number of nitrogens with one attached hydrogen (secondary N) is 1. The molecule has 98 valence electrons. The lowest BCUT2D eigenvalue weighted by atomic mass is 10.1. The van der Waals surface area contributed by atoms with Crippen molar-refractivity contribution in [3.63, 3.8) is 0 Å². The standard InChI is InChI=1S/C15H15NO3/c1-19-14-9-12(7-8-13(14)17)15(18)16-10-11-5-3-2-4-6-11/h2-9,17H,10H2,1H3,(H,16,18). The first-order chi connectivity index (χ1) is 9.20. The monoisotopic (exact) mass is 257 g/mol. The van der Waals surface area contributed by atoms with E-state index < -0.39 is 0 Å². The Morgan fingerprint density at radius 1 is 1.21 bits per heavy atom. The van der Waals surface area contributed by atoms with Gasteiger partial charge in [-0.2, -0.15) is 0 Å². The molecule has 0 heterocycles. The first-order valence-electron chi connectivity index (χ1n) is 5.90. The molecular formula is C15H15NO3. The van der Waals surface area contributed by atoms with E-state index in [0.29, 0.717) is 12.1 Å². The quantitative estimate of drug-likeness (QED) is 0.883. The number of aromatic hydroxyl groups is 1. The van der Waals surface area contributed by atoms with Crippen molar-refractivity contribution >= 4 is 5.91 Å². The fraction of sp³-hybridized carbons (Fsp3) is 0.133. The Kier molecular flexibility index (Phi) is 4.03. The van der Waals surface area contributed by atoms with Crippen molar-refractivity contribution in [2.24, 2.45) is 0 Å². The van der Waals surface area contributed by atoms with Crippen molar-refractivity contribution in [2.45, 2.75) is 6.54 Å². The molecule has 0 fully saturated rings. The Labute approximate surface area is 111 Å². The van der Waals surface area contributed by atoms with Crippen molar-refractivity contribution in [3.05, 3.63) is 59.7 Å². The minimum atomic E-state index is -0.206. The van der Waals surface area contributed by atoms with Crippen LogP contribution in [0.2, 0.25) is 0 Å². The van der Waals surface area contributed by atoms with Crippen LogP contribution in [0, 0.1) is 0 Å². The van der Waals surface area contributed by atoms with E-state index in [2.05, 4.69) is 5.32 Å². The van der Waals surface area contributed by atoms with Crippen LogP contribution in [0.3, 0.4) is 0 Å². The summed E-state index contributed by atoms with van der Waals surface area (Å²) >= 11 is 0. The molecule has 2 N–H and O–H groups in total. The summed E-state index contributed by atoms with van der Waals surface area (Å²) in [6.45, 7) is 0.461. The molecule has 2 rings (SSSR count). The number of ether oxygens (including phenoxy) is 1. The molecule has 0 radical (unpaired) electrons. The number of phenols is 1. The largest absolute Gasteiger partial charge is 0.504 e. The minimum Gasteiger partial charge on any atom is -0.504 e. The summed E-state index contributed by atoms with van der Waals surface area (Å²) < 4.78 is 4.97. The zero-order chi connectivity index (χ0) is 13.7. The lowest BCUT2D eigenvalue weighted by molar-refractivity contribution is 0.0950. The third kappa shape index (κ3) is 3.25. The smallest absolute Gasteiger partial charge is 0.251 e. The van der Waals surface area contributed by atoms with E-state index in [4.69, 9.17) is 4.74 Å². The molecule has 4 nitrogen and oxygen atoms in total. The van der Waals surface area contributed by atoms with Crippen LogP contribution in [0.25, 0.3) is 0 Å². The second-order valence-corrected chi connectivity index (χ2v) is 4.05. The maximum Gasteiger partial charge on any atom is 0.251 e. The molecule has 0 aliphatic carbocycles. The molecule has 0 aromatic heterocycles. The van der Waals surface area contributed by atoms with Crippen molar-refractivity contribution < 1.29 is 14.6 Å². The first kappa shape index (κ1) is 13.0. The van der Waals surface area contributed by atoms with Crippen LogP contribution >= 0.6 is 0 Å². The van der Waals surface area contributed by atoms with Gasteiger partial charge in [-0.1, -0.05) is 30.3 Å². The van der Waals surface area contributed by atoms with E-state index >= 15 is 0 Å². The Bertz CT molecular complexity index is 567. The maximum absolute atomic E-state index is 11.9. The van der Waals surface area contributed by atoms with Gasteiger partial charge in [0.2, 0.25) is 0 Å². The number of phenolic OH excluding ortho intramolecular Hbond substituents is 1. The lowest BCUT2D eigenvalue weighted by Gasteiger charge is -2.08. The first-order valence-corrected chi connectivity index (χ1v) is 5.90. The highest BCUT2D eigenvalue weighted by Crippen LogP contribution is 2.26. The molecule has 0 bridgehead atoms. The van der Waals surface area contributed by atoms with Crippen molar-refractivity contribution in [2.75, 3.05) is 7.11 Å². The van der Waals surface area contributed by atoms with E-state index in [0.717, 1.165) is 5.56 Å². The second kappa shape index (κ2) is 5.91. The van der Waals surface area contributed by atoms with E-state index in [1.165, 1.54) is 19.2 Å². The molecule has 0 atom stereocenters. The number of hydrogen-bond acceptors (Lipinski definition) is 3. The van der Waals surface area contributed by atoms with Gasteiger partial charge in [0.1, 0.15) is 0 Å². The zero-order valence-corrected chi connectivity index (χ0v) is 10.6. The molecule has 0 saturated heterocycles. The minimum absolute atomic E-state index is 0.0158. The Morgan fingerprint density at radius 2 is 1.95 bits per heavy atom. The van der Waals surface area contributed by atoms with E-state index in [-0.39, 0.29) is 17.4 Å². The van der Waals surface area contributed by atoms with Gasteiger partial charge in [-0.25, -0.2) is 0 Å². The van der Waals surface area contributed by atoms with Gasteiger partial charge in [-0.05, 0) is 23.8 Å². The summed E-state index contributed by atoms with van der Waals surface area (Å²) in [5.74, 6) is 0.0941. The number of methoxy groups -OCH3 is 1. The van der Waals surface area contributed by atoms with E-state index in [9.17, 15) is 9.90 Å². The highest BCUT2D eigenvalue weighted by Gasteiger charge is 2.09. The van der Waals surface area contributed by atoms with Gasteiger partial charge in [-0.15, -0.1) is 0 Å². The molecule has 4 heteroatoms. The summed E-state index contributed by atoms with van der Waals surface area (Å²) in [5, 5.41) is 12.3. The fourth-order valence-corrected chi connectivity index (χ4v) is 1.70. The number of hydrogen-bond donors (Lipinski definition) is 2. The van der Waals surface area contributed by atoms with Crippen LogP contribution in [0.1, 0.15) is 15.9 Å². The average molecular weight is 257 g/mol. The number of carbonyl (C=O) groups is 1. The predicted octanol–water partition coefficient (Wildman–Crippen LogP) is 2.33. The third-order valence-corrected chi connectivity index (χ3v) is 2.74. The fourth-order valence-electron chi connectivity index (χ4n) is 1.70. The van der Waals surface area contributed by atoms with Crippen LogP contribution in [-0.4, -0.2) is 18.1 Å². The SMILES string of the molecule is COc1cc(C(=O)NCc2ccccc2)ccc1O. The molecule has 0 saturated carbocycles. The molecule has 2 aromatic carbocycles. The van der Waals surface area contributed by atoms with Gasteiger partial charge in [0.05, 0.1) is 7.11 Å². The Hall–Kier alpha value is -2.49. The Balaban J connectivity index is 2.04. The highest BCUT2D eigenvalue weighted by atomic mass is 16.5.